The number of hydrogen-bond donors (Lipinski definition) is 0. The monoisotopic (exact) mass is 494 g/mol. The van der Waals surface area contributed by atoms with Gasteiger partial charge in [0.15, 0.2) is 0 Å². The second-order valence-corrected chi connectivity index (χ2v) is 11.4. The van der Waals surface area contributed by atoms with Crippen LogP contribution in [0.5, 0.6) is 0 Å². The topological polar surface area (TPSA) is 17.3 Å². The van der Waals surface area contributed by atoms with Crippen LogP contribution in [-0.4, -0.2) is 9.38 Å². The Hall–Kier alpha value is -3.91. The highest BCUT2D eigenvalue weighted by Crippen LogP contribution is 2.45. The number of fused-ring (bicyclic) bond motifs is 4. The number of hydrogen-bond acceptors (Lipinski definition) is 1. The highest BCUT2D eigenvalue weighted by Gasteiger charge is 2.29. The third kappa shape index (κ3) is 3.16. The molecule has 0 spiro atoms. The molecule has 2 bridgehead atoms. The van der Waals surface area contributed by atoms with Gasteiger partial charge in [0.1, 0.15) is 5.65 Å². The molecule has 188 valence electrons. The molecular formula is C36H34N2. The maximum absolute atomic E-state index is 5.41. The third-order valence-electron chi connectivity index (χ3n) is 8.85. The van der Waals surface area contributed by atoms with Crippen molar-refractivity contribution in [3.8, 4) is 22.4 Å². The van der Waals surface area contributed by atoms with Crippen LogP contribution >= 0.6 is 0 Å². The van der Waals surface area contributed by atoms with Crippen molar-refractivity contribution < 1.29 is 0 Å². The molecule has 6 aromatic rings. The van der Waals surface area contributed by atoms with E-state index in [-0.39, 0.29) is 0 Å². The van der Waals surface area contributed by atoms with Crippen molar-refractivity contribution in [2.45, 2.75) is 60.3 Å². The van der Waals surface area contributed by atoms with Crippen LogP contribution in [0.15, 0.2) is 66.7 Å². The molecule has 2 aromatic heterocycles. The molecule has 7 rings (SSSR count). The quantitative estimate of drug-likeness (QED) is 0.224. The van der Waals surface area contributed by atoms with Crippen molar-refractivity contribution in [1.82, 2.24) is 9.38 Å². The minimum atomic E-state index is 0.466. The molecule has 38 heavy (non-hydrogen) atoms. The summed E-state index contributed by atoms with van der Waals surface area (Å²) in [5, 5.41) is 3.95. The van der Waals surface area contributed by atoms with Crippen LogP contribution < -0.4 is 0 Å². The van der Waals surface area contributed by atoms with Crippen molar-refractivity contribution in [1.29, 1.82) is 0 Å². The van der Waals surface area contributed by atoms with Gasteiger partial charge in [-0.15, -0.1) is 0 Å². The lowest BCUT2D eigenvalue weighted by Gasteiger charge is -2.22. The average molecular weight is 495 g/mol. The van der Waals surface area contributed by atoms with Crippen LogP contribution in [-0.2, 0) is 6.42 Å². The summed E-state index contributed by atoms with van der Waals surface area (Å²) in [6.45, 7) is 13.5. The number of imidazole rings is 1. The lowest BCUT2D eigenvalue weighted by atomic mass is 9.85. The molecule has 0 aliphatic carbocycles. The van der Waals surface area contributed by atoms with Gasteiger partial charge in [0.2, 0.25) is 0 Å². The van der Waals surface area contributed by atoms with Crippen molar-refractivity contribution in [3.63, 3.8) is 0 Å². The van der Waals surface area contributed by atoms with Gasteiger partial charge in [-0.3, -0.25) is 4.40 Å². The van der Waals surface area contributed by atoms with Gasteiger partial charge in [-0.1, -0.05) is 67.1 Å². The second-order valence-electron chi connectivity index (χ2n) is 11.4. The first kappa shape index (κ1) is 23.2. The summed E-state index contributed by atoms with van der Waals surface area (Å²) in [7, 11) is 0. The number of aryl methyl sites for hydroxylation is 5. The van der Waals surface area contributed by atoms with Crippen molar-refractivity contribution in [2.75, 3.05) is 0 Å². The summed E-state index contributed by atoms with van der Waals surface area (Å²) >= 11 is 0. The predicted octanol–water partition coefficient (Wildman–Crippen LogP) is 9.57. The molecule has 3 heterocycles. The van der Waals surface area contributed by atoms with E-state index in [9.17, 15) is 0 Å². The fourth-order valence-electron chi connectivity index (χ4n) is 7.28. The molecule has 1 aliphatic rings. The van der Waals surface area contributed by atoms with Gasteiger partial charge in [-0.05, 0) is 110 Å². The molecule has 2 nitrogen and oxygen atoms in total. The molecule has 1 aliphatic heterocycles. The minimum Gasteiger partial charge on any atom is -0.291 e. The van der Waals surface area contributed by atoms with E-state index in [2.05, 4.69) is 113 Å². The number of nitrogens with zero attached hydrogens (tertiary/aromatic N) is 2. The Kier molecular flexibility index (Phi) is 5.07. The Morgan fingerprint density at radius 2 is 1.47 bits per heavy atom. The highest BCUT2D eigenvalue weighted by molar-refractivity contribution is 6.15. The van der Waals surface area contributed by atoms with Gasteiger partial charge in [0.25, 0.3) is 0 Å². The Labute approximate surface area is 225 Å². The fourth-order valence-corrected chi connectivity index (χ4v) is 7.28. The van der Waals surface area contributed by atoms with E-state index < -0.39 is 0 Å². The zero-order chi connectivity index (χ0) is 26.3. The van der Waals surface area contributed by atoms with Crippen molar-refractivity contribution in [2.24, 2.45) is 0 Å². The Bertz CT molecular complexity index is 1890. The normalized spacial score (nSPS) is 14.8. The molecule has 0 saturated carbocycles. The number of aromatic nitrogens is 2. The highest BCUT2D eigenvalue weighted by atomic mass is 15.0. The number of benzene rings is 4. The maximum Gasteiger partial charge on any atom is 0.146 e. The smallest absolute Gasteiger partial charge is 0.146 e. The Morgan fingerprint density at radius 3 is 2.18 bits per heavy atom. The van der Waals surface area contributed by atoms with E-state index in [1.54, 1.807) is 0 Å². The van der Waals surface area contributed by atoms with Crippen LogP contribution in [0.4, 0.5) is 0 Å². The van der Waals surface area contributed by atoms with Crippen molar-refractivity contribution in [3.05, 3.63) is 106 Å². The van der Waals surface area contributed by atoms with Gasteiger partial charge in [-0.2, -0.15) is 0 Å². The van der Waals surface area contributed by atoms with E-state index in [0.29, 0.717) is 5.92 Å². The van der Waals surface area contributed by atoms with Gasteiger partial charge in [-0.25, -0.2) is 4.98 Å². The van der Waals surface area contributed by atoms with E-state index in [0.717, 1.165) is 18.5 Å². The molecule has 0 radical (unpaired) electrons. The maximum atomic E-state index is 5.41. The third-order valence-corrected chi connectivity index (χ3v) is 8.85. The summed E-state index contributed by atoms with van der Waals surface area (Å²) in [6.07, 6.45) is 2.09. The van der Waals surface area contributed by atoms with E-state index in [4.69, 9.17) is 4.98 Å². The first-order valence-corrected chi connectivity index (χ1v) is 13.9. The molecule has 0 N–H and O–H groups in total. The minimum absolute atomic E-state index is 0.466. The summed E-state index contributed by atoms with van der Waals surface area (Å²) in [5.74, 6) is 0.466. The van der Waals surface area contributed by atoms with Crippen LogP contribution in [0.3, 0.4) is 0 Å². The van der Waals surface area contributed by atoms with Crippen LogP contribution in [0.1, 0.15) is 58.3 Å². The van der Waals surface area contributed by atoms with Gasteiger partial charge >= 0.3 is 0 Å². The largest absolute Gasteiger partial charge is 0.291 e. The second kappa shape index (κ2) is 8.30. The number of rotatable bonds is 3. The Morgan fingerprint density at radius 1 is 0.763 bits per heavy atom. The molecule has 1 unspecified atom stereocenters. The first-order chi connectivity index (χ1) is 18.4. The lowest BCUT2D eigenvalue weighted by Crippen LogP contribution is -2.07. The molecule has 0 saturated heterocycles. The van der Waals surface area contributed by atoms with Gasteiger partial charge < -0.3 is 0 Å². The van der Waals surface area contributed by atoms with Crippen molar-refractivity contribution >= 4 is 27.3 Å². The summed E-state index contributed by atoms with van der Waals surface area (Å²) in [4.78, 5) is 5.41. The molecule has 0 fully saturated rings. The number of pyridine rings is 1. The van der Waals surface area contributed by atoms with Crippen LogP contribution in [0.2, 0.25) is 0 Å². The predicted molar refractivity (Wildman–Crippen MR) is 161 cm³/mol. The lowest BCUT2D eigenvalue weighted by molar-refractivity contribution is 0.660. The molecule has 4 aromatic carbocycles. The van der Waals surface area contributed by atoms with Crippen LogP contribution in [0, 0.1) is 34.6 Å². The van der Waals surface area contributed by atoms with Crippen LogP contribution in [0.25, 0.3) is 49.7 Å². The standard InChI is InChI=1S/C36H34N2/c1-7-25-19-30-35(33-23(5)16-20(2)17-24(33)6)38-31-15-14-26(32-21(3)10-8-11-22(32)4)18-29(31)28-13-9-12-27(25)34(28)36(38)37-30/h8-18,25H,7,19H2,1-6H3. The summed E-state index contributed by atoms with van der Waals surface area (Å²) in [6, 6.07) is 25.2. The molecule has 1 atom stereocenters. The summed E-state index contributed by atoms with van der Waals surface area (Å²) in [5.41, 5.74) is 16.9. The Balaban J connectivity index is 1.69. The van der Waals surface area contributed by atoms with E-state index >= 15 is 0 Å². The van der Waals surface area contributed by atoms with Gasteiger partial charge in [0, 0.05) is 16.3 Å². The van der Waals surface area contributed by atoms with E-state index in [1.165, 1.54) is 83.1 Å². The molecule has 0 amide bonds. The van der Waals surface area contributed by atoms with E-state index in [1.807, 2.05) is 0 Å². The van der Waals surface area contributed by atoms with Gasteiger partial charge in [0.05, 0.1) is 16.9 Å². The first-order valence-electron chi connectivity index (χ1n) is 13.9. The zero-order valence-corrected chi connectivity index (χ0v) is 23.2. The fraction of sp³-hybridized carbons (Fsp3) is 0.250. The SMILES string of the molecule is CCC1Cc2nc3c4c1cccc4c1cc(-c4c(C)cccc4C)ccc1n3c2-c1c(C)cc(C)cc1C. The zero-order valence-electron chi connectivity index (χ0n) is 23.2. The summed E-state index contributed by atoms with van der Waals surface area (Å²) < 4.78 is 2.49. The molecule has 2 heteroatoms. The average Bonchev–Trinajstić information content (AvgIpc) is 3.15. The molecular weight excluding hydrogens is 460 g/mol.